The van der Waals surface area contributed by atoms with Crippen LogP contribution in [0, 0.1) is 5.92 Å². The number of hydrogen-bond acceptors (Lipinski definition) is 3. The zero-order valence-electron chi connectivity index (χ0n) is 14.4. The largest absolute Gasteiger partial charge is 0.341 e. The van der Waals surface area contributed by atoms with Crippen molar-refractivity contribution >= 4 is 47.4 Å². The summed E-state index contributed by atoms with van der Waals surface area (Å²) in [6, 6.07) is 4.25. The Labute approximate surface area is 164 Å². The third-order valence-corrected chi connectivity index (χ3v) is 5.06. The maximum atomic E-state index is 12.6. The van der Waals surface area contributed by atoms with Crippen molar-refractivity contribution in [1.29, 1.82) is 0 Å². The second-order valence-electron chi connectivity index (χ2n) is 6.15. The maximum absolute atomic E-state index is 12.6. The lowest BCUT2D eigenvalue weighted by Crippen LogP contribution is -2.50. The van der Waals surface area contributed by atoms with Crippen molar-refractivity contribution < 1.29 is 9.59 Å². The van der Waals surface area contributed by atoms with Gasteiger partial charge in [0.05, 0.1) is 15.6 Å². The first kappa shape index (κ1) is 22.0. The Kier molecular flexibility index (Phi) is 9.00. The first-order valence-corrected chi connectivity index (χ1v) is 8.88. The molecule has 1 aromatic rings. The summed E-state index contributed by atoms with van der Waals surface area (Å²) in [4.78, 5) is 26.8. The zero-order valence-corrected chi connectivity index (χ0v) is 16.7. The van der Waals surface area contributed by atoms with Gasteiger partial charge in [0.1, 0.15) is 6.04 Å². The maximum Gasteiger partial charge on any atom is 0.253 e. The minimum Gasteiger partial charge on any atom is -0.341 e. The van der Waals surface area contributed by atoms with Crippen LogP contribution >= 0.6 is 35.6 Å². The molecule has 140 valence electrons. The number of carbonyl (C=O) groups is 2. The number of likely N-dealkylation sites (tertiary alicyclic amines) is 1. The van der Waals surface area contributed by atoms with E-state index in [2.05, 4.69) is 10.6 Å². The van der Waals surface area contributed by atoms with Gasteiger partial charge in [-0.1, -0.05) is 29.3 Å². The summed E-state index contributed by atoms with van der Waals surface area (Å²) in [6.45, 7) is 4.04. The van der Waals surface area contributed by atoms with Gasteiger partial charge in [-0.25, -0.2) is 0 Å². The first-order chi connectivity index (χ1) is 11.4. The number of carbonyl (C=O) groups excluding carboxylic acids is 2. The van der Waals surface area contributed by atoms with Gasteiger partial charge in [-0.2, -0.15) is 0 Å². The Morgan fingerprint density at radius 2 is 2.08 bits per heavy atom. The lowest BCUT2D eigenvalue weighted by molar-refractivity contribution is -0.134. The molecule has 2 rings (SSSR count). The summed E-state index contributed by atoms with van der Waals surface area (Å²) < 4.78 is 0. The van der Waals surface area contributed by atoms with E-state index < -0.39 is 11.9 Å². The predicted molar refractivity (Wildman–Crippen MR) is 104 cm³/mol. The van der Waals surface area contributed by atoms with E-state index in [0.717, 1.165) is 32.5 Å². The number of nitrogens with zero attached hydrogens (tertiary/aromatic N) is 1. The highest BCUT2D eigenvalue weighted by Gasteiger charge is 2.27. The van der Waals surface area contributed by atoms with E-state index in [1.165, 1.54) is 0 Å². The van der Waals surface area contributed by atoms with Crippen molar-refractivity contribution in [3.63, 3.8) is 0 Å². The molecule has 2 atom stereocenters. The van der Waals surface area contributed by atoms with Gasteiger partial charge < -0.3 is 15.5 Å². The lowest BCUT2D eigenvalue weighted by atomic mass is 9.97. The van der Waals surface area contributed by atoms with Crippen molar-refractivity contribution in [3.8, 4) is 0 Å². The second kappa shape index (κ2) is 10.2. The number of rotatable bonds is 5. The van der Waals surface area contributed by atoms with E-state index in [1.807, 2.05) is 11.9 Å². The Morgan fingerprint density at radius 1 is 1.36 bits per heavy atom. The molecular weight excluding hydrogens is 385 g/mol. The number of hydrogen-bond donors (Lipinski definition) is 2. The van der Waals surface area contributed by atoms with Crippen LogP contribution in [0.5, 0.6) is 0 Å². The second-order valence-corrected chi connectivity index (χ2v) is 6.93. The van der Waals surface area contributed by atoms with E-state index in [0.29, 0.717) is 10.9 Å². The molecule has 25 heavy (non-hydrogen) atoms. The molecule has 1 aliphatic heterocycles. The first-order valence-electron chi connectivity index (χ1n) is 8.12. The van der Waals surface area contributed by atoms with Gasteiger partial charge in [0.2, 0.25) is 5.91 Å². The number of halogens is 3. The average Bonchev–Trinajstić information content (AvgIpc) is 2.57. The monoisotopic (exact) mass is 407 g/mol. The van der Waals surface area contributed by atoms with Gasteiger partial charge in [-0.3, -0.25) is 9.59 Å². The molecule has 0 aromatic heterocycles. The predicted octanol–water partition coefficient (Wildman–Crippen LogP) is 2.99. The summed E-state index contributed by atoms with van der Waals surface area (Å²) >= 11 is 12.0. The molecule has 8 heteroatoms. The molecule has 1 saturated heterocycles. The van der Waals surface area contributed by atoms with Gasteiger partial charge in [-0.05, 0) is 51.4 Å². The number of benzene rings is 1. The summed E-state index contributed by atoms with van der Waals surface area (Å²) in [7, 11) is 1.92. The van der Waals surface area contributed by atoms with Gasteiger partial charge in [-0.15, -0.1) is 12.4 Å². The molecular formula is C17H24Cl3N3O2. The minimum atomic E-state index is -0.610. The Bertz CT molecular complexity index is 611. The van der Waals surface area contributed by atoms with E-state index in [4.69, 9.17) is 23.2 Å². The van der Waals surface area contributed by atoms with Crippen LogP contribution in [0.2, 0.25) is 10.0 Å². The van der Waals surface area contributed by atoms with E-state index in [1.54, 1.807) is 25.1 Å². The highest BCUT2D eigenvalue weighted by molar-refractivity contribution is 6.43. The molecule has 2 unspecified atom stereocenters. The molecule has 0 aliphatic carbocycles. The summed E-state index contributed by atoms with van der Waals surface area (Å²) in [5.41, 5.74) is 0.274. The van der Waals surface area contributed by atoms with Gasteiger partial charge >= 0.3 is 0 Å². The molecule has 1 aromatic carbocycles. The summed E-state index contributed by atoms with van der Waals surface area (Å²) in [6.07, 6.45) is 2.10. The van der Waals surface area contributed by atoms with Gasteiger partial charge in [0.25, 0.3) is 5.91 Å². The SMILES string of the molecule is CNCC1CCCN(C(=O)C(C)NC(=O)c2cccc(Cl)c2Cl)C1.Cl. The smallest absolute Gasteiger partial charge is 0.253 e. The van der Waals surface area contributed by atoms with Crippen molar-refractivity contribution in [3.05, 3.63) is 33.8 Å². The van der Waals surface area contributed by atoms with Crippen LogP contribution in [-0.2, 0) is 4.79 Å². The zero-order chi connectivity index (χ0) is 17.7. The number of nitrogens with one attached hydrogen (secondary N) is 2. The molecule has 0 radical (unpaired) electrons. The topological polar surface area (TPSA) is 61.4 Å². The Morgan fingerprint density at radius 3 is 2.76 bits per heavy atom. The highest BCUT2D eigenvalue weighted by Crippen LogP contribution is 2.25. The fourth-order valence-corrected chi connectivity index (χ4v) is 3.40. The molecule has 1 fully saturated rings. The van der Waals surface area contributed by atoms with Crippen LogP contribution in [0.3, 0.4) is 0 Å². The molecule has 1 aliphatic rings. The van der Waals surface area contributed by atoms with Crippen molar-refractivity contribution in [2.75, 3.05) is 26.7 Å². The van der Waals surface area contributed by atoms with Crippen LogP contribution in [0.4, 0.5) is 0 Å². The standard InChI is InChI=1S/C17H23Cl2N3O2.ClH/c1-11(17(24)22-8-4-5-12(10-22)9-20-2)21-16(23)13-6-3-7-14(18)15(13)19;/h3,6-7,11-12,20H,4-5,8-10H2,1-2H3,(H,21,23);1H. The van der Waals surface area contributed by atoms with E-state index >= 15 is 0 Å². The van der Waals surface area contributed by atoms with Crippen molar-refractivity contribution in [1.82, 2.24) is 15.5 Å². The van der Waals surface area contributed by atoms with Gasteiger partial charge in [0, 0.05) is 13.1 Å². The fraction of sp³-hybridized carbons (Fsp3) is 0.529. The Hall–Kier alpha value is -1.01. The Balaban J connectivity index is 0.00000312. The number of amides is 2. The van der Waals surface area contributed by atoms with E-state index in [-0.39, 0.29) is 28.9 Å². The van der Waals surface area contributed by atoms with Crippen molar-refractivity contribution in [2.45, 2.75) is 25.8 Å². The molecule has 0 spiro atoms. The average molecular weight is 409 g/mol. The molecule has 2 N–H and O–H groups in total. The molecule has 0 bridgehead atoms. The summed E-state index contributed by atoms with van der Waals surface area (Å²) in [5.74, 6) is -0.00702. The lowest BCUT2D eigenvalue weighted by Gasteiger charge is -2.34. The minimum absolute atomic E-state index is 0. The molecule has 1 heterocycles. The highest BCUT2D eigenvalue weighted by atomic mass is 35.5. The van der Waals surface area contributed by atoms with Crippen LogP contribution in [0.1, 0.15) is 30.1 Å². The summed E-state index contributed by atoms with van der Waals surface area (Å²) in [5, 5.41) is 6.39. The third kappa shape index (κ3) is 5.74. The molecule has 2 amide bonds. The van der Waals surface area contributed by atoms with Gasteiger partial charge in [0.15, 0.2) is 0 Å². The quantitative estimate of drug-likeness (QED) is 0.787. The number of piperidine rings is 1. The molecule has 5 nitrogen and oxygen atoms in total. The van der Waals surface area contributed by atoms with Crippen LogP contribution in [-0.4, -0.2) is 49.4 Å². The molecule has 0 saturated carbocycles. The van der Waals surface area contributed by atoms with Crippen LogP contribution in [0.15, 0.2) is 18.2 Å². The fourth-order valence-electron chi connectivity index (χ4n) is 3.01. The van der Waals surface area contributed by atoms with Crippen LogP contribution < -0.4 is 10.6 Å². The van der Waals surface area contributed by atoms with Crippen molar-refractivity contribution in [2.24, 2.45) is 5.92 Å². The van der Waals surface area contributed by atoms with E-state index in [9.17, 15) is 9.59 Å². The third-order valence-electron chi connectivity index (χ3n) is 4.24. The van der Waals surface area contributed by atoms with Crippen LogP contribution in [0.25, 0.3) is 0 Å². The normalized spacial score (nSPS) is 18.2.